The van der Waals surface area contributed by atoms with Gasteiger partial charge in [0, 0.05) is 30.3 Å². The molecule has 1 saturated heterocycles. The van der Waals surface area contributed by atoms with Gasteiger partial charge in [-0.25, -0.2) is 0 Å². The monoisotopic (exact) mass is 252 g/mol. The van der Waals surface area contributed by atoms with Crippen LogP contribution >= 0.6 is 11.6 Å². The smallest absolute Gasteiger partial charge is 0.0407 e. The SMILES string of the molecule is CCC1CCN(CCNc2ccc(Cl)cc2)C1. The van der Waals surface area contributed by atoms with Crippen molar-refractivity contribution in [1.29, 1.82) is 0 Å². The van der Waals surface area contributed by atoms with Crippen LogP contribution in [0.25, 0.3) is 0 Å². The molecule has 0 radical (unpaired) electrons. The molecule has 1 N–H and O–H groups in total. The standard InChI is InChI=1S/C14H21ClN2/c1-2-12-7-9-17(11-12)10-8-16-14-5-3-13(15)4-6-14/h3-6,12,16H,2,7-11H2,1H3. The van der Waals surface area contributed by atoms with Gasteiger partial charge in [-0.2, -0.15) is 0 Å². The average Bonchev–Trinajstić information content (AvgIpc) is 2.80. The number of benzene rings is 1. The van der Waals surface area contributed by atoms with Gasteiger partial charge in [0.05, 0.1) is 0 Å². The lowest BCUT2D eigenvalue weighted by Crippen LogP contribution is -2.26. The normalized spacial score (nSPS) is 20.7. The molecule has 0 spiro atoms. The minimum Gasteiger partial charge on any atom is -0.384 e. The van der Waals surface area contributed by atoms with Gasteiger partial charge in [-0.05, 0) is 43.1 Å². The van der Waals surface area contributed by atoms with Gasteiger partial charge in [0.1, 0.15) is 0 Å². The van der Waals surface area contributed by atoms with Crippen molar-refractivity contribution in [2.75, 3.05) is 31.5 Å². The van der Waals surface area contributed by atoms with Crippen molar-refractivity contribution in [3.63, 3.8) is 0 Å². The van der Waals surface area contributed by atoms with Crippen LogP contribution in [0.5, 0.6) is 0 Å². The predicted molar refractivity (Wildman–Crippen MR) is 74.8 cm³/mol. The molecule has 1 aliphatic heterocycles. The second kappa shape index (κ2) is 6.27. The third-order valence-electron chi connectivity index (χ3n) is 3.55. The van der Waals surface area contributed by atoms with Crippen molar-refractivity contribution in [2.24, 2.45) is 5.92 Å². The number of likely N-dealkylation sites (tertiary alicyclic amines) is 1. The molecule has 0 aliphatic carbocycles. The lowest BCUT2D eigenvalue weighted by molar-refractivity contribution is 0.335. The van der Waals surface area contributed by atoms with Crippen LogP contribution in [0.4, 0.5) is 5.69 Å². The first-order chi connectivity index (χ1) is 8.28. The molecular weight excluding hydrogens is 232 g/mol. The number of halogens is 1. The van der Waals surface area contributed by atoms with Crippen molar-refractivity contribution in [2.45, 2.75) is 19.8 Å². The van der Waals surface area contributed by atoms with Gasteiger partial charge in [-0.3, -0.25) is 0 Å². The van der Waals surface area contributed by atoms with Gasteiger partial charge in [-0.1, -0.05) is 24.9 Å². The minimum atomic E-state index is 0.792. The zero-order valence-electron chi connectivity index (χ0n) is 10.5. The summed E-state index contributed by atoms with van der Waals surface area (Å²) >= 11 is 5.85. The summed E-state index contributed by atoms with van der Waals surface area (Å²) in [5, 5.41) is 4.22. The molecule has 3 heteroatoms. The summed E-state index contributed by atoms with van der Waals surface area (Å²) in [5.41, 5.74) is 1.15. The van der Waals surface area contributed by atoms with Crippen LogP contribution in [0.3, 0.4) is 0 Å². The van der Waals surface area contributed by atoms with Crippen LogP contribution in [0.1, 0.15) is 19.8 Å². The highest BCUT2D eigenvalue weighted by Gasteiger charge is 2.19. The summed E-state index contributed by atoms with van der Waals surface area (Å²) in [6.45, 7) is 6.98. The summed E-state index contributed by atoms with van der Waals surface area (Å²) in [7, 11) is 0. The molecule has 1 aromatic rings. The summed E-state index contributed by atoms with van der Waals surface area (Å²) in [4.78, 5) is 2.55. The molecule has 1 aromatic carbocycles. The summed E-state index contributed by atoms with van der Waals surface area (Å²) in [6, 6.07) is 7.90. The van der Waals surface area contributed by atoms with Crippen LogP contribution in [0, 0.1) is 5.92 Å². The molecule has 1 atom stereocenters. The van der Waals surface area contributed by atoms with E-state index >= 15 is 0 Å². The van der Waals surface area contributed by atoms with E-state index in [1.54, 1.807) is 0 Å². The van der Waals surface area contributed by atoms with E-state index in [-0.39, 0.29) is 0 Å². The first-order valence-electron chi connectivity index (χ1n) is 6.49. The molecule has 1 heterocycles. The van der Waals surface area contributed by atoms with Gasteiger partial charge in [-0.15, -0.1) is 0 Å². The highest BCUT2D eigenvalue weighted by Crippen LogP contribution is 2.18. The maximum atomic E-state index is 5.85. The van der Waals surface area contributed by atoms with E-state index in [0.29, 0.717) is 0 Å². The first kappa shape index (κ1) is 12.7. The zero-order chi connectivity index (χ0) is 12.1. The van der Waals surface area contributed by atoms with Crippen molar-refractivity contribution in [1.82, 2.24) is 4.90 Å². The highest BCUT2D eigenvalue weighted by atomic mass is 35.5. The number of nitrogens with zero attached hydrogens (tertiary/aromatic N) is 1. The Labute approximate surface area is 109 Å². The van der Waals surface area contributed by atoms with Crippen LogP contribution in [0.15, 0.2) is 24.3 Å². The first-order valence-corrected chi connectivity index (χ1v) is 6.87. The molecule has 1 unspecified atom stereocenters. The van der Waals surface area contributed by atoms with Crippen molar-refractivity contribution in [3.05, 3.63) is 29.3 Å². The number of hydrogen-bond acceptors (Lipinski definition) is 2. The van der Waals surface area contributed by atoms with Gasteiger partial charge in [0.2, 0.25) is 0 Å². The predicted octanol–water partition coefficient (Wildman–Crippen LogP) is 3.48. The second-order valence-electron chi connectivity index (χ2n) is 4.80. The van der Waals surface area contributed by atoms with Crippen LogP contribution in [-0.2, 0) is 0 Å². The van der Waals surface area contributed by atoms with E-state index < -0.39 is 0 Å². The Bertz CT molecular complexity index is 337. The highest BCUT2D eigenvalue weighted by molar-refractivity contribution is 6.30. The number of anilines is 1. The Morgan fingerprint density at radius 3 is 2.76 bits per heavy atom. The lowest BCUT2D eigenvalue weighted by Gasteiger charge is -2.16. The molecule has 0 amide bonds. The van der Waals surface area contributed by atoms with E-state index in [9.17, 15) is 0 Å². The number of nitrogens with one attached hydrogen (secondary N) is 1. The lowest BCUT2D eigenvalue weighted by atomic mass is 10.1. The molecule has 0 bridgehead atoms. The number of hydrogen-bond donors (Lipinski definition) is 1. The third-order valence-corrected chi connectivity index (χ3v) is 3.80. The van der Waals surface area contributed by atoms with E-state index in [1.807, 2.05) is 24.3 Å². The van der Waals surface area contributed by atoms with E-state index in [0.717, 1.165) is 29.7 Å². The Balaban J connectivity index is 1.68. The topological polar surface area (TPSA) is 15.3 Å². The Morgan fingerprint density at radius 1 is 1.35 bits per heavy atom. The van der Waals surface area contributed by atoms with Gasteiger partial charge in [0.25, 0.3) is 0 Å². The fourth-order valence-corrected chi connectivity index (χ4v) is 2.50. The Kier molecular flexibility index (Phi) is 4.69. The summed E-state index contributed by atoms with van der Waals surface area (Å²) < 4.78 is 0. The Morgan fingerprint density at radius 2 is 2.12 bits per heavy atom. The fourth-order valence-electron chi connectivity index (χ4n) is 2.38. The molecule has 17 heavy (non-hydrogen) atoms. The fraction of sp³-hybridized carbons (Fsp3) is 0.571. The van der Waals surface area contributed by atoms with Crippen LogP contribution in [0.2, 0.25) is 5.02 Å². The Hall–Kier alpha value is -0.730. The van der Waals surface area contributed by atoms with Gasteiger partial charge < -0.3 is 10.2 Å². The number of rotatable bonds is 5. The van der Waals surface area contributed by atoms with Crippen LogP contribution in [-0.4, -0.2) is 31.1 Å². The molecule has 2 nitrogen and oxygen atoms in total. The van der Waals surface area contributed by atoms with Crippen molar-refractivity contribution >= 4 is 17.3 Å². The molecule has 2 rings (SSSR count). The minimum absolute atomic E-state index is 0.792. The van der Waals surface area contributed by atoms with E-state index in [4.69, 9.17) is 11.6 Å². The van der Waals surface area contributed by atoms with Crippen molar-refractivity contribution < 1.29 is 0 Å². The molecular formula is C14H21ClN2. The van der Waals surface area contributed by atoms with Gasteiger partial charge in [0.15, 0.2) is 0 Å². The zero-order valence-corrected chi connectivity index (χ0v) is 11.2. The molecule has 0 saturated carbocycles. The average molecular weight is 253 g/mol. The molecule has 1 fully saturated rings. The summed E-state index contributed by atoms with van der Waals surface area (Å²) in [5.74, 6) is 0.922. The van der Waals surface area contributed by atoms with Gasteiger partial charge >= 0.3 is 0 Å². The summed E-state index contributed by atoms with van der Waals surface area (Å²) in [6.07, 6.45) is 2.69. The van der Waals surface area contributed by atoms with E-state index in [2.05, 4.69) is 17.1 Å². The van der Waals surface area contributed by atoms with Crippen molar-refractivity contribution in [3.8, 4) is 0 Å². The second-order valence-corrected chi connectivity index (χ2v) is 5.23. The molecule has 94 valence electrons. The van der Waals surface area contributed by atoms with E-state index in [1.165, 1.54) is 25.9 Å². The third kappa shape index (κ3) is 3.90. The maximum absolute atomic E-state index is 5.85. The molecule has 1 aliphatic rings. The quantitative estimate of drug-likeness (QED) is 0.863. The molecule has 0 aromatic heterocycles. The largest absolute Gasteiger partial charge is 0.384 e. The maximum Gasteiger partial charge on any atom is 0.0407 e. The van der Waals surface area contributed by atoms with Crippen LogP contribution < -0.4 is 5.32 Å².